The number of nitrogens with one attached hydrogen (secondary N) is 1. The maximum absolute atomic E-state index is 12.3. The Bertz CT molecular complexity index is 917. The van der Waals surface area contributed by atoms with Crippen LogP contribution in [-0.2, 0) is 11.3 Å². The van der Waals surface area contributed by atoms with E-state index in [1.807, 2.05) is 18.2 Å². The molecule has 9 heteroatoms. The van der Waals surface area contributed by atoms with E-state index in [1.54, 1.807) is 12.1 Å². The summed E-state index contributed by atoms with van der Waals surface area (Å²) in [5.41, 5.74) is 0.479. The molecule has 0 fully saturated rings. The number of amides is 1. The van der Waals surface area contributed by atoms with Crippen LogP contribution in [0.2, 0.25) is 0 Å². The van der Waals surface area contributed by atoms with Gasteiger partial charge < -0.3 is 19.9 Å². The summed E-state index contributed by atoms with van der Waals surface area (Å²) in [6, 6.07) is 11.9. The van der Waals surface area contributed by atoms with Crippen LogP contribution < -0.4 is 10.1 Å². The fraction of sp³-hybridized carbons (Fsp3) is 0.200. The number of benzene rings is 2. The van der Waals surface area contributed by atoms with Gasteiger partial charge in [-0.05, 0) is 23.8 Å². The van der Waals surface area contributed by atoms with Gasteiger partial charge in [0.25, 0.3) is 0 Å². The summed E-state index contributed by atoms with van der Waals surface area (Å²) in [5.74, 6) is 3.09. The number of alkyl carbamates (subject to hydrolysis) is 1. The highest BCUT2D eigenvalue weighted by Gasteiger charge is 2.31. The second-order valence-corrected chi connectivity index (χ2v) is 5.64. The van der Waals surface area contributed by atoms with E-state index in [0.29, 0.717) is 0 Å². The van der Waals surface area contributed by atoms with Gasteiger partial charge >= 0.3 is 18.4 Å². The third kappa shape index (κ3) is 8.26. The quantitative estimate of drug-likeness (QED) is 0.560. The predicted octanol–water partition coefficient (Wildman–Crippen LogP) is 3.95. The molecule has 152 valence electrons. The highest BCUT2D eigenvalue weighted by atomic mass is 19.4. The fourth-order valence-electron chi connectivity index (χ4n) is 2.15. The smallest absolute Gasteiger partial charge is 0.478 e. The highest BCUT2D eigenvalue weighted by molar-refractivity contribution is 5.88. The molecule has 2 aromatic rings. The Morgan fingerprint density at radius 3 is 2.48 bits per heavy atom. The molecule has 0 aliphatic rings. The molecule has 0 spiro atoms. The Kier molecular flexibility index (Phi) is 7.48. The van der Waals surface area contributed by atoms with Gasteiger partial charge in [0.2, 0.25) is 0 Å². The summed E-state index contributed by atoms with van der Waals surface area (Å²) in [4.78, 5) is 22.6. The third-order valence-corrected chi connectivity index (χ3v) is 3.35. The Morgan fingerprint density at radius 2 is 1.83 bits per heavy atom. The standard InChI is InChI=1S/C20H16F3NO5/c21-20(22,23)29-17-11-15(10-16(12-17)18(25)26)8-4-5-9-24-19(27)28-13-14-6-2-1-3-7-14/h1-3,6-7,10-12H,5,9,13H2,(H,24,27)(H,25,26). The van der Waals surface area contributed by atoms with Crippen molar-refractivity contribution in [3.05, 3.63) is 65.2 Å². The van der Waals surface area contributed by atoms with Crippen molar-refractivity contribution in [2.75, 3.05) is 6.54 Å². The summed E-state index contributed by atoms with van der Waals surface area (Å²) in [6.45, 7) is 0.257. The van der Waals surface area contributed by atoms with Gasteiger partial charge in [-0.3, -0.25) is 0 Å². The van der Waals surface area contributed by atoms with Crippen molar-refractivity contribution in [2.24, 2.45) is 0 Å². The van der Waals surface area contributed by atoms with E-state index in [-0.39, 0.29) is 25.1 Å². The lowest BCUT2D eigenvalue weighted by atomic mass is 10.1. The molecule has 2 rings (SSSR count). The second kappa shape index (κ2) is 10.0. The monoisotopic (exact) mass is 407 g/mol. The molecule has 0 atom stereocenters. The number of carboxylic acids is 1. The molecule has 6 nitrogen and oxygen atoms in total. The molecule has 2 N–H and O–H groups in total. The molecule has 0 saturated carbocycles. The zero-order valence-electron chi connectivity index (χ0n) is 15.0. The van der Waals surface area contributed by atoms with Crippen LogP contribution in [0, 0.1) is 11.8 Å². The molecule has 0 radical (unpaired) electrons. The lowest BCUT2D eigenvalue weighted by Gasteiger charge is -2.09. The van der Waals surface area contributed by atoms with Crippen molar-refractivity contribution in [1.82, 2.24) is 5.32 Å². The number of alkyl halides is 3. The van der Waals surface area contributed by atoms with Crippen molar-refractivity contribution in [1.29, 1.82) is 0 Å². The number of carbonyl (C=O) groups excluding carboxylic acids is 1. The summed E-state index contributed by atoms with van der Waals surface area (Å²) in [7, 11) is 0. The van der Waals surface area contributed by atoms with E-state index in [0.717, 1.165) is 23.8 Å². The number of hydrogen-bond donors (Lipinski definition) is 2. The van der Waals surface area contributed by atoms with Crippen LogP contribution in [0.15, 0.2) is 48.5 Å². The third-order valence-electron chi connectivity index (χ3n) is 3.35. The van der Waals surface area contributed by atoms with Gasteiger partial charge in [-0.15, -0.1) is 13.2 Å². The SMILES string of the molecule is O=C(NCCC#Cc1cc(OC(F)(F)F)cc(C(=O)O)c1)OCc1ccccc1. The van der Waals surface area contributed by atoms with Crippen LogP contribution in [0.25, 0.3) is 0 Å². The molecular weight excluding hydrogens is 391 g/mol. The van der Waals surface area contributed by atoms with E-state index < -0.39 is 29.7 Å². The Balaban J connectivity index is 1.87. The largest absolute Gasteiger partial charge is 0.573 e. The minimum absolute atomic E-state index is 0.0378. The Labute approximate surface area is 164 Å². The minimum Gasteiger partial charge on any atom is -0.478 e. The van der Waals surface area contributed by atoms with Crippen LogP contribution in [0.1, 0.15) is 27.9 Å². The molecule has 0 bridgehead atoms. The van der Waals surface area contributed by atoms with Gasteiger partial charge in [0.05, 0.1) is 5.56 Å². The van der Waals surface area contributed by atoms with Gasteiger partial charge in [-0.2, -0.15) is 0 Å². The first kappa shape index (κ1) is 21.6. The van der Waals surface area contributed by atoms with E-state index >= 15 is 0 Å². The summed E-state index contributed by atoms with van der Waals surface area (Å²) >= 11 is 0. The van der Waals surface area contributed by atoms with Crippen LogP contribution >= 0.6 is 0 Å². The van der Waals surface area contributed by atoms with Gasteiger partial charge in [0.15, 0.2) is 0 Å². The lowest BCUT2D eigenvalue weighted by molar-refractivity contribution is -0.274. The molecule has 0 aliphatic heterocycles. The van der Waals surface area contributed by atoms with Crippen LogP contribution in [0.4, 0.5) is 18.0 Å². The zero-order chi connectivity index (χ0) is 21.3. The number of ether oxygens (including phenoxy) is 2. The van der Waals surface area contributed by atoms with E-state index in [1.165, 1.54) is 0 Å². The van der Waals surface area contributed by atoms with E-state index in [2.05, 4.69) is 21.9 Å². The molecule has 1 amide bonds. The maximum atomic E-state index is 12.3. The molecule has 29 heavy (non-hydrogen) atoms. The number of carboxylic acid groups (broad SMARTS) is 1. The van der Waals surface area contributed by atoms with Crippen molar-refractivity contribution in [3.63, 3.8) is 0 Å². The van der Waals surface area contributed by atoms with Crippen molar-refractivity contribution in [3.8, 4) is 17.6 Å². The first-order valence-electron chi connectivity index (χ1n) is 8.30. The average molecular weight is 407 g/mol. The molecule has 0 aliphatic carbocycles. The zero-order valence-corrected chi connectivity index (χ0v) is 15.0. The summed E-state index contributed by atoms with van der Waals surface area (Å²) in [6.07, 6.45) is -5.41. The van der Waals surface area contributed by atoms with Crippen LogP contribution in [0.5, 0.6) is 5.75 Å². The average Bonchev–Trinajstić information content (AvgIpc) is 2.65. The first-order chi connectivity index (χ1) is 13.7. The normalized spacial score (nSPS) is 10.4. The van der Waals surface area contributed by atoms with Crippen molar-refractivity contribution < 1.29 is 37.3 Å². The summed E-state index contributed by atoms with van der Waals surface area (Å²) in [5, 5.41) is 11.5. The lowest BCUT2D eigenvalue weighted by Crippen LogP contribution is -2.24. The van der Waals surface area contributed by atoms with Crippen LogP contribution in [-0.4, -0.2) is 30.1 Å². The molecule has 0 heterocycles. The van der Waals surface area contributed by atoms with Crippen molar-refractivity contribution >= 4 is 12.1 Å². The van der Waals surface area contributed by atoms with E-state index in [9.17, 15) is 22.8 Å². The van der Waals surface area contributed by atoms with Gasteiger partial charge in [-0.25, -0.2) is 9.59 Å². The van der Waals surface area contributed by atoms with Gasteiger partial charge in [0.1, 0.15) is 12.4 Å². The number of aromatic carboxylic acids is 1. The number of halogens is 3. The second-order valence-electron chi connectivity index (χ2n) is 5.64. The number of hydrogen-bond acceptors (Lipinski definition) is 4. The van der Waals surface area contributed by atoms with E-state index in [4.69, 9.17) is 9.84 Å². The summed E-state index contributed by atoms with van der Waals surface area (Å²) < 4.78 is 45.8. The highest BCUT2D eigenvalue weighted by Crippen LogP contribution is 2.25. The first-order valence-corrected chi connectivity index (χ1v) is 8.30. The topological polar surface area (TPSA) is 84.9 Å². The van der Waals surface area contributed by atoms with Crippen molar-refractivity contribution in [2.45, 2.75) is 19.4 Å². The Hall–Kier alpha value is -3.67. The van der Waals surface area contributed by atoms with Gasteiger partial charge in [-0.1, -0.05) is 42.2 Å². The Morgan fingerprint density at radius 1 is 1.10 bits per heavy atom. The number of rotatable bonds is 6. The predicted molar refractivity (Wildman–Crippen MR) is 96.2 cm³/mol. The molecule has 2 aromatic carbocycles. The molecule has 0 unspecified atom stereocenters. The van der Waals surface area contributed by atoms with Crippen LogP contribution in [0.3, 0.4) is 0 Å². The number of carbonyl (C=O) groups is 2. The molecular formula is C20H16F3NO5. The molecule has 0 aromatic heterocycles. The minimum atomic E-state index is -4.95. The molecule has 0 saturated heterocycles. The fourth-order valence-corrected chi connectivity index (χ4v) is 2.15. The maximum Gasteiger partial charge on any atom is 0.573 e. The van der Waals surface area contributed by atoms with Gasteiger partial charge in [0, 0.05) is 18.5 Å².